The van der Waals surface area contributed by atoms with E-state index in [1.54, 1.807) is 24.3 Å². The molecule has 0 unspecified atom stereocenters. The number of anilines is 2. The lowest BCUT2D eigenvalue weighted by atomic mass is 10.2. The molecule has 2 aromatic carbocycles. The Morgan fingerprint density at radius 2 is 1.83 bits per heavy atom. The van der Waals surface area contributed by atoms with E-state index in [1.165, 1.54) is 25.2 Å². The number of sulfonamides is 1. The summed E-state index contributed by atoms with van der Waals surface area (Å²) in [7, 11) is -2.12. The molecule has 5 nitrogen and oxygen atoms in total. The normalized spacial score (nSPS) is 11.1. The molecule has 0 saturated heterocycles. The fourth-order valence-electron chi connectivity index (χ4n) is 1.84. The van der Waals surface area contributed by atoms with Crippen molar-refractivity contribution in [1.29, 1.82) is 0 Å². The zero-order chi connectivity index (χ0) is 17.2. The summed E-state index contributed by atoms with van der Waals surface area (Å²) < 4.78 is 24.3. The maximum absolute atomic E-state index is 12.3. The lowest BCUT2D eigenvalue weighted by Crippen LogP contribution is -2.25. The molecule has 1 N–H and O–H groups in total. The second-order valence-corrected chi connectivity index (χ2v) is 7.72. The molecule has 2 aromatic rings. The smallest absolute Gasteiger partial charge is 0.255 e. The van der Waals surface area contributed by atoms with E-state index in [0.29, 0.717) is 10.7 Å². The number of hydrogen-bond acceptors (Lipinski definition) is 3. The SMILES string of the molecule is CN(c1cc(C(=O)Nc2cccc(Cl)c2)ccc1Cl)S(C)(=O)=O. The molecule has 8 heteroatoms. The fourth-order valence-corrected chi connectivity index (χ4v) is 2.84. The van der Waals surface area contributed by atoms with E-state index in [4.69, 9.17) is 23.2 Å². The predicted octanol–water partition coefficient (Wildman–Crippen LogP) is 3.64. The van der Waals surface area contributed by atoms with Crippen LogP contribution in [0.5, 0.6) is 0 Å². The van der Waals surface area contributed by atoms with E-state index in [1.807, 2.05) is 0 Å². The number of rotatable bonds is 4. The van der Waals surface area contributed by atoms with Crippen molar-refractivity contribution >= 4 is 50.5 Å². The average Bonchev–Trinajstić information content (AvgIpc) is 2.46. The predicted molar refractivity (Wildman–Crippen MR) is 94.1 cm³/mol. The molecule has 0 aliphatic heterocycles. The monoisotopic (exact) mass is 372 g/mol. The van der Waals surface area contributed by atoms with Crippen LogP contribution in [0.2, 0.25) is 10.0 Å². The van der Waals surface area contributed by atoms with E-state index in [9.17, 15) is 13.2 Å². The molecular weight excluding hydrogens is 359 g/mol. The zero-order valence-corrected chi connectivity index (χ0v) is 14.7. The third kappa shape index (κ3) is 4.37. The molecule has 0 fully saturated rings. The highest BCUT2D eigenvalue weighted by Crippen LogP contribution is 2.28. The molecule has 1 amide bonds. The van der Waals surface area contributed by atoms with Crippen LogP contribution in [0, 0.1) is 0 Å². The van der Waals surface area contributed by atoms with Crippen molar-refractivity contribution < 1.29 is 13.2 Å². The first-order valence-corrected chi connectivity index (χ1v) is 9.09. The second kappa shape index (κ2) is 6.78. The molecule has 0 spiro atoms. The Balaban J connectivity index is 2.32. The minimum atomic E-state index is -3.49. The Morgan fingerprint density at radius 3 is 2.43 bits per heavy atom. The van der Waals surface area contributed by atoms with Crippen LogP contribution < -0.4 is 9.62 Å². The quantitative estimate of drug-likeness (QED) is 0.890. The van der Waals surface area contributed by atoms with Crippen molar-refractivity contribution in [3.05, 3.63) is 58.1 Å². The Hall–Kier alpha value is -1.76. The summed E-state index contributed by atoms with van der Waals surface area (Å²) >= 11 is 11.9. The van der Waals surface area contributed by atoms with E-state index in [0.717, 1.165) is 10.6 Å². The summed E-state index contributed by atoms with van der Waals surface area (Å²) in [6, 6.07) is 11.1. The highest BCUT2D eigenvalue weighted by molar-refractivity contribution is 7.92. The summed E-state index contributed by atoms with van der Waals surface area (Å²) in [5.74, 6) is -0.396. The van der Waals surface area contributed by atoms with Crippen molar-refractivity contribution in [3.8, 4) is 0 Å². The molecule has 0 saturated carbocycles. The number of halogens is 2. The van der Waals surface area contributed by atoms with Gasteiger partial charge < -0.3 is 5.32 Å². The molecular formula is C15H14Cl2N2O3S. The minimum Gasteiger partial charge on any atom is -0.322 e. The lowest BCUT2D eigenvalue weighted by Gasteiger charge is -2.18. The Labute approximate surface area is 144 Å². The molecule has 0 aliphatic carbocycles. The van der Waals surface area contributed by atoms with Crippen LogP contribution in [0.3, 0.4) is 0 Å². The molecule has 0 heterocycles. The number of nitrogens with one attached hydrogen (secondary N) is 1. The van der Waals surface area contributed by atoms with Gasteiger partial charge >= 0.3 is 0 Å². The maximum Gasteiger partial charge on any atom is 0.255 e. The van der Waals surface area contributed by atoms with Crippen molar-refractivity contribution in [2.75, 3.05) is 22.9 Å². The number of hydrogen-bond donors (Lipinski definition) is 1. The van der Waals surface area contributed by atoms with Gasteiger partial charge in [0.2, 0.25) is 10.0 Å². The molecule has 0 aromatic heterocycles. The molecule has 0 bridgehead atoms. The summed E-state index contributed by atoms with van der Waals surface area (Å²) in [6.45, 7) is 0. The third-order valence-corrected chi connectivity index (χ3v) is 4.87. The van der Waals surface area contributed by atoms with Crippen LogP contribution in [0.1, 0.15) is 10.4 Å². The van der Waals surface area contributed by atoms with Crippen molar-refractivity contribution in [3.63, 3.8) is 0 Å². The van der Waals surface area contributed by atoms with Gasteiger partial charge in [-0.25, -0.2) is 8.42 Å². The zero-order valence-electron chi connectivity index (χ0n) is 12.4. The summed E-state index contributed by atoms with van der Waals surface area (Å²) in [4.78, 5) is 12.3. The molecule has 0 atom stereocenters. The molecule has 0 aliphatic rings. The lowest BCUT2D eigenvalue weighted by molar-refractivity contribution is 0.102. The second-order valence-electron chi connectivity index (χ2n) is 4.86. The van der Waals surface area contributed by atoms with Crippen LogP contribution in [0.4, 0.5) is 11.4 Å². The van der Waals surface area contributed by atoms with E-state index in [-0.39, 0.29) is 16.3 Å². The summed E-state index contributed by atoms with van der Waals surface area (Å²) in [5, 5.41) is 3.42. The number of amides is 1. The Morgan fingerprint density at radius 1 is 1.13 bits per heavy atom. The van der Waals surface area contributed by atoms with Crippen LogP contribution in [0.25, 0.3) is 0 Å². The van der Waals surface area contributed by atoms with Crippen molar-refractivity contribution in [2.24, 2.45) is 0 Å². The first kappa shape index (κ1) is 17.6. The van der Waals surface area contributed by atoms with Crippen molar-refractivity contribution in [1.82, 2.24) is 0 Å². The number of carbonyl (C=O) groups is 1. The molecule has 2 rings (SSSR count). The van der Waals surface area contributed by atoms with Crippen LogP contribution >= 0.6 is 23.2 Å². The third-order valence-electron chi connectivity index (χ3n) is 3.13. The Kier molecular flexibility index (Phi) is 5.19. The first-order valence-electron chi connectivity index (χ1n) is 6.49. The van der Waals surface area contributed by atoms with E-state index >= 15 is 0 Å². The standard InChI is InChI=1S/C15H14Cl2N2O3S/c1-19(23(2,21)22)14-8-10(6-7-13(14)17)15(20)18-12-5-3-4-11(16)9-12/h3-9H,1-2H3,(H,18,20). The average molecular weight is 373 g/mol. The van der Waals surface area contributed by atoms with Gasteiger partial charge in [-0.15, -0.1) is 0 Å². The fraction of sp³-hybridized carbons (Fsp3) is 0.133. The summed E-state index contributed by atoms with van der Waals surface area (Å²) in [5.41, 5.74) is 1.04. The van der Waals surface area contributed by atoms with Gasteiger partial charge in [0, 0.05) is 23.3 Å². The van der Waals surface area contributed by atoms with Gasteiger partial charge in [0.25, 0.3) is 5.91 Å². The van der Waals surface area contributed by atoms with E-state index in [2.05, 4.69) is 5.32 Å². The summed E-state index contributed by atoms with van der Waals surface area (Å²) in [6.07, 6.45) is 1.06. The topological polar surface area (TPSA) is 66.5 Å². The van der Waals surface area contributed by atoms with Gasteiger partial charge in [-0.1, -0.05) is 29.3 Å². The number of carbonyl (C=O) groups excluding carboxylic acids is 1. The van der Waals surface area contributed by atoms with Crippen LogP contribution in [-0.4, -0.2) is 27.6 Å². The molecule has 122 valence electrons. The van der Waals surface area contributed by atoms with Gasteiger partial charge in [-0.2, -0.15) is 0 Å². The number of nitrogens with zero attached hydrogens (tertiary/aromatic N) is 1. The Bertz CT molecular complexity index is 854. The van der Waals surface area contributed by atoms with Gasteiger partial charge in [-0.05, 0) is 36.4 Å². The van der Waals surface area contributed by atoms with Crippen LogP contribution in [-0.2, 0) is 10.0 Å². The first-order chi connectivity index (χ1) is 10.7. The van der Waals surface area contributed by atoms with Crippen LogP contribution in [0.15, 0.2) is 42.5 Å². The number of benzene rings is 2. The molecule has 0 radical (unpaired) electrons. The highest BCUT2D eigenvalue weighted by atomic mass is 35.5. The maximum atomic E-state index is 12.3. The van der Waals surface area contributed by atoms with Gasteiger partial charge in [0.15, 0.2) is 0 Å². The largest absolute Gasteiger partial charge is 0.322 e. The highest BCUT2D eigenvalue weighted by Gasteiger charge is 2.17. The molecule has 23 heavy (non-hydrogen) atoms. The van der Waals surface area contributed by atoms with Crippen molar-refractivity contribution in [2.45, 2.75) is 0 Å². The van der Waals surface area contributed by atoms with Gasteiger partial charge in [-0.3, -0.25) is 9.10 Å². The van der Waals surface area contributed by atoms with Gasteiger partial charge in [0.1, 0.15) is 0 Å². The minimum absolute atomic E-state index is 0.230. The van der Waals surface area contributed by atoms with E-state index < -0.39 is 15.9 Å². The van der Waals surface area contributed by atoms with Gasteiger partial charge in [0.05, 0.1) is 17.0 Å².